The second kappa shape index (κ2) is 8.67. The van der Waals surface area contributed by atoms with Gasteiger partial charge < -0.3 is 16.0 Å². The molecule has 5 nitrogen and oxygen atoms in total. The molecule has 136 valence electrons. The van der Waals surface area contributed by atoms with Crippen molar-refractivity contribution in [3.05, 3.63) is 84.9 Å². The molecule has 0 radical (unpaired) electrons. The Balaban J connectivity index is 1.61. The maximum Gasteiger partial charge on any atom is 0.319 e. The Morgan fingerprint density at radius 2 is 1.52 bits per heavy atom. The van der Waals surface area contributed by atoms with Gasteiger partial charge in [0.15, 0.2) is 0 Å². The van der Waals surface area contributed by atoms with Crippen molar-refractivity contribution in [2.24, 2.45) is 0 Å². The van der Waals surface area contributed by atoms with Gasteiger partial charge in [-0.25, -0.2) is 4.79 Å². The summed E-state index contributed by atoms with van der Waals surface area (Å²) in [5.41, 5.74) is 2.31. The molecular formula is C22H21N3O2. The minimum Gasteiger partial charge on any atom is -0.334 e. The van der Waals surface area contributed by atoms with Gasteiger partial charge in [0.2, 0.25) is 5.91 Å². The first-order valence-corrected chi connectivity index (χ1v) is 8.68. The summed E-state index contributed by atoms with van der Waals surface area (Å²) in [4.78, 5) is 24.0. The highest BCUT2D eigenvalue weighted by Gasteiger charge is 2.08. The second-order valence-electron chi connectivity index (χ2n) is 6.06. The zero-order valence-corrected chi connectivity index (χ0v) is 14.9. The van der Waals surface area contributed by atoms with Crippen LogP contribution >= 0.6 is 0 Å². The monoisotopic (exact) mass is 359 g/mol. The van der Waals surface area contributed by atoms with E-state index in [1.54, 1.807) is 30.3 Å². The molecule has 0 heterocycles. The summed E-state index contributed by atoms with van der Waals surface area (Å²) in [5.74, 6) is -0.0872. The van der Waals surface area contributed by atoms with Gasteiger partial charge in [0.1, 0.15) is 0 Å². The molecule has 0 fully saturated rings. The third-order valence-electron chi connectivity index (χ3n) is 4.06. The first kappa shape index (κ1) is 18.2. The van der Waals surface area contributed by atoms with E-state index in [1.807, 2.05) is 42.5 Å². The lowest BCUT2D eigenvalue weighted by molar-refractivity contribution is -0.115. The van der Waals surface area contributed by atoms with Crippen LogP contribution in [0.1, 0.15) is 5.56 Å². The zero-order chi connectivity index (χ0) is 19.1. The van der Waals surface area contributed by atoms with Crippen LogP contribution in [-0.2, 0) is 11.2 Å². The van der Waals surface area contributed by atoms with Gasteiger partial charge in [0, 0.05) is 17.9 Å². The molecule has 3 rings (SSSR count). The molecule has 0 saturated heterocycles. The van der Waals surface area contributed by atoms with E-state index in [9.17, 15) is 9.59 Å². The maximum atomic E-state index is 12.4. The van der Waals surface area contributed by atoms with E-state index in [0.717, 1.165) is 16.3 Å². The van der Waals surface area contributed by atoms with E-state index in [-0.39, 0.29) is 11.9 Å². The van der Waals surface area contributed by atoms with Gasteiger partial charge in [0.25, 0.3) is 0 Å². The van der Waals surface area contributed by atoms with Crippen molar-refractivity contribution in [3.63, 3.8) is 0 Å². The molecule has 0 bridgehead atoms. The zero-order valence-electron chi connectivity index (χ0n) is 14.9. The van der Waals surface area contributed by atoms with Crippen LogP contribution in [0, 0.1) is 0 Å². The van der Waals surface area contributed by atoms with Crippen molar-refractivity contribution in [2.75, 3.05) is 17.2 Å². The Kier molecular flexibility index (Phi) is 5.84. The van der Waals surface area contributed by atoms with Gasteiger partial charge in [-0.05, 0) is 40.6 Å². The number of hydrogen-bond acceptors (Lipinski definition) is 2. The summed E-state index contributed by atoms with van der Waals surface area (Å²) >= 11 is 0. The third kappa shape index (κ3) is 4.95. The Bertz CT molecular complexity index is 959. The summed E-state index contributed by atoms with van der Waals surface area (Å²) in [6.45, 7) is 3.94. The third-order valence-corrected chi connectivity index (χ3v) is 4.06. The Labute approximate surface area is 158 Å². The lowest BCUT2D eigenvalue weighted by Crippen LogP contribution is -2.28. The minimum atomic E-state index is -0.303. The standard InChI is InChI=1S/C22H21N3O2/c1-2-14-23-22(27)25-19-12-10-18(11-13-19)24-21(26)15-17-8-5-7-16-6-3-4-9-20(16)17/h2-13H,1,14-15H2,(H,24,26)(H2,23,25,27). The number of carbonyl (C=O) groups excluding carboxylic acids is 2. The highest BCUT2D eigenvalue weighted by molar-refractivity contribution is 5.96. The number of hydrogen-bond donors (Lipinski definition) is 3. The fraction of sp³-hybridized carbons (Fsp3) is 0.0909. The van der Waals surface area contributed by atoms with E-state index >= 15 is 0 Å². The molecule has 3 aromatic carbocycles. The molecule has 0 aliphatic rings. The van der Waals surface area contributed by atoms with E-state index in [0.29, 0.717) is 24.3 Å². The lowest BCUT2D eigenvalue weighted by atomic mass is 10.0. The highest BCUT2D eigenvalue weighted by atomic mass is 16.2. The molecule has 27 heavy (non-hydrogen) atoms. The van der Waals surface area contributed by atoms with Crippen molar-refractivity contribution in [2.45, 2.75) is 6.42 Å². The number of urea groups is 1. The van der Waals surface area contributed by atoms with Crippen LogP contribution in [0.25, 0.3) is 10.8 Å². The fourth-order valence-electron chi connectivity index (χ4n) is 2.80. The number of benzene rings is 3. The van der Waals surface area contributed by atoms with E-state index < -0.39 is 0 Å². The number of carbonyl (C=O) groups is 2. The quantitative estimate of drug-likeness (QED) is 0.573. The molecule has 3 N–H and O–H groups in total. The number of anilines is 2. The number of fused-ring (bicyclic) bond motifs is 1. The van der Waals surface area contributed by atoms with Crippen molar-refractivity contribution in [3.8, 4) is 0 Å². The van der Waals surface area contributed by atoms with Gasteiger partial charge >= 0.3 is 6.03 Å². The predicted molar refractivity (Wildman–Crippen MR) is 110 cm³/mol. The van der Waals surface area contributed by atoms with Crippen molar-refractivity contribution >= 4 is 34.1 Å². The molecule has 3 aromatic rings. The number of rotatable bonds is 6. The molecule has 0 aliphatic heterocycles. The van der Waals surface area contributed by atoms with Gasteiger partial charge in [-0.1, -0.05) is 48.5 Å². The molecule has 0 atom stereocenters. The predicted octanol–water partition coefficient (Wildman–Crippen LogP) is 4.33. The molecule has 0 spiro atoms. The Morgan fingerprint density at radius 1 is 0.852 bits per heavy atom. The summed E-state index contributed by atoms with van der Waals surface area (Å²) in [6.07, 6.45) is 1.90. The van der Waals surface area contributed by atoms with Crippen molar-refractivity contribution in [1.82, 2.24) is 5.32 Å². The Morgan fingerprint density at radius 3 is 2.26 bits per heavy atom. The second-order valence-corrected chi connectivity index (χ2v) is 6.06. The molecule has 5 heteroatoms. The van der Waals surface area contributed by atoms with Crippen LogP contribution < -0.4 is 16.0 Å². The summed E-state index contributed by atoms with van der Waals surface area (Å²) in [7, 11) is 0. The lowest BCUT2D eigenvalue weighted by Gasteiger charge is -2.09. The maximum absolute atomic E-state index is 12.4. The number of amides is 3. The van der Waals surface area contributed by atoms with Crippen molar-refractivity contribution in [1.29, 1.82) is 0 Å². The molecule has 0 unspecified atom stereocenters. The van der Waals surface area contributed by atoms with Crippen LogP contribution in [0.4, 0.5) is 16.2 Å². The average Bonchev–Trinajstić information content (AvgIpc) is 2.68. The van der Waals surface area contributed by atoms with Crippen LogP contribution in [0.2, 0.25) is 0 Å². The van der Waals surface area contributed by atoms with Gasteiger partial charge in [-0.3, -0.25) is 4.79 Å². The molecule has 3 amide bonds. The van der Waals surface area contributed by atoms with Crippen LogP contribution in [0.5, 0.6) is 0 Å². The van der Waals surface area contributed by atoms with Crippen molar-refractivity contribution < 1.29 is 9.59 Å². The fourth-order valence-corrected chi connectivity index (χ4v) is 2.80. The summed E-state index contributed by atoms with van der Waals surface area (Å²) in [5, 5.41) is 10.4. The highest BCUT2D eigenvalue weighted by Crippen LogP contribution is 2.20. The van der Waals surface area contributed by atoms with E-state index in [2.05, 4.69) is 22.5 Å². The largest absolute Gasteiger partial charge is 0.334 e. The summed E-state index contributed by atoms with van der Waals surface area (Å²) < 4.78 is 0. The number of nitrogens with one attached hydrogen (secondary N) is 3. The normalized spacial score (nSPS) is 10.2. The minimum absolute atomic E-state index is 0.0872. The Hall–Kier alpha value is -3.60. The van der Waals surface area contributed by atoms with Crippen LogP contribution in [0.3, 0.4) is 0 Å². The summed E-state index contributed by atoms with van der Waals surface area (Å²) in [6, 6.07) is 20.7. The average molecular weight is 359 g/mol. The topological polar surface area (TPSA) is 70.2 Å². The van der Waals surface area contributed by atoms with Gasteiger partial charge in [-0.15, -0.1) is 6.58 Å². The smallest absolute Gasteiger partial charge is 0.319 e. The molecular weight excluding hydrogens is 338 g/mol. The first-order valence-electron chi connectivity index (χ1n) is 8.68. The van der Waals surface area contributed by atoms with Gasteiger partial charge in [0.05, 0.1) is 6.42 Å². The van der Waals surface area contributed by atoms with Crippen LogP contribution in [0.15, 0.2) is 79.4 Å². The van der Waals surface area contributed by atoms with Gasteiger partial charge in [-0.2, -0.15) is 0 Å². The molecule has 0 saturated carbocycles. The van der Waals surface area contributed by atoms with Crippen LogP contribution in [-0.4, -0.2) is 18.5 Å². The molecule has 0 aliphatic carbocycles. The first-order chi connectivity index (χ1) is 13.2. The SMILES string of the molecule is C=CCNC(=O)Nc1ccc(NC(=O)Cc2cccc3ccccc23)cc1. The molecule has 0 aromatic heterocycles. The van der Waals surface area contributed by atoms with E-state index in [1.165, 1.54) is 0 Å². The van der Waals surface area contributed by atoms with E-state index in [4.69, 9.17) is 0 Å².